The molecule has 0 spiro atoms. The second-order valence-corrected chi connectivity index (χ2v) is 4.63. The number of carbonyl (C=O) groups excluding carboxylic acids is 3. The Morgan fingerprint density at radius 3 is 1.87 bits per heavy atom. The molecule has 0 atom stereocenters. The fourth-order valence-corrected chi connectivity index (χ4v) is 1.96. The maximum atomic E-state index is 12.1. The molecular weight excluding hydrogens is 296 g/mol. The van der Waals surface area contributed by atoms with E-state index in [1.165, 1.54) is 12.1 Å². The van der Waals surface area contributed by atoms with Gasteiger partial charge in [-0.05, 0) is 19.1 Å². The van der Waals surface area contributed by atoms with Crippen LogP contribution in [0.25, 0.3) is 0 Å². The summed E-state index contributed by atoms with van der Waals surface area (Å²) in [7, 11) is 0. The molecule has 0 N–H and O–H groups in total. The van der Waals surface area contributed by atoms with E-state index in [4.69, 9.17) is 9.47 Å². The monoisotopic (exact) mass is 312 g/mol. The minimum Gasteiger partial charge on any atom is -0.462 e. The molecule has 0 heterocycles. The number of rotatable bonds is 6. The molecule has 23 heavy (non-hydrogen) atoms. The van der Waals surface area contributed by atoms with Crippen LogP contribution in [-0.4, -0.2) is 30.9 Å². The van der Waals surface area contributed by atoms with Crippen LogP contribution in [0, 0.1) is 0 Å². The van der Waals surface area contributed by atoms with Crippen LogP contribution in [0.3, 0.4) is 0 Å². The van der Waals surface area contributed by atoms with E-state index < -0.39 is 11.9 Å². The van der Waals surface area contributed by atoms with Crippen LogP contribution in [0.4, 0.5) is 0 Å². The molecule has 0 aromatic heterocycles. The van der Waals surface area contributed by atoms with Gasteiger partial charge in [0.1, 0.15) is 0 Å². The van der Waals surface area contributed by atoms with Gasteiger partial charge < -0.3 is 9.47 Å². The molecule has 0 saturated heterocycles. The van der Waals surface area contributed by atoms with Crippen molar-refractivity contribution >= 4 is 17.7 Å². The Labute approximate surface area is 133 Å². The predicted octanol–water partition coefficient (Wildman–Crippen LogP) is 2.90. The summed E-state index contributed by atoms with van der Waals surface area (Å²) < 4.78 is 9.92. The number of ketones is 1. The standard InChI is InChI=1S/C18H16O5/c1-2-22-17(20)14-10-6-7-11-15(14)18(21)23-12-16(19)13-8-4-3-5-9-13/h3-11H,2,12H2,1H3. The van der Waals surface area contributed by atoms with Gasteiger partial charge in [0.2, 0.25) is 0 Å². The topological polar surface area (TPSA) is 69.7 Å². The Kier molecular flexibility index (Phi) is 5.63. The molecule has 0 aliphatic rings. The lowest BCUT2D eigenvalue weighted by Crippen LogP contribution is -2.17. The first kappa shape index (κ1) is 16.4. The number of Topliss-reactive ketones (excluding diaryl/α,β-unsaturated/α-hetero) is 1. The van der Waals surface area contributed by atoms with Gasteiger partial charge in [-0.25, -0.2) is 9.59 Å². The number of hydrogen-bond donors (Lipinski definition) is 0. The van der Waals surface area contributed by atoms with Gasteiger partial charge in [-0.1, -0.05) is 42.5 Å². The van der Waals surface area contributed by atoms with Crippen LogP contribution in [0.2, 0.25) is 0 Å². The van der Waals surface area contributed by atoms with E-state index in [0.717, 1.165) is 0 Å². The Morgan fingerprint density at radius 1 is 0.783 bits per heavy atom. The molecule has 2 rings (SSSR count). The van der Waals surface area contributed by atoms with Gasteiger partial charge in [0.05, 0.1) is 17.7 Å². The Bertz CT molecular complexity index is 706. The number of hydrogen-bond acceptors (Lipinski definition) is 5. The van der Waals surface area contributed by atoms with E-state index in [0.29, 0.717) is 5.56 Å². The fourth-order valence-electron chi connectivity index (χ4n) is 1.96. The Hall–Kier alpha value is -2.95. The van der Waals surface area contributed by atoms with Crippen LogP contribution >= 0.6 is 0 Å². The summed E-state index contributed by atoms with van der Waals surface area (Å²) in [6.07, 6.45) is 0. The van der Waals surface area contributed by atoms with Crippen molar-refractivity contribution in [2.24, 2.45) is 0 Å². The van der Waals surface area contributed by atoms with E-state index in [1.807, 2.05) is 0 Å². The molecule has 2 aromatic carbocycles. The average Bonchev–Trinajstić information content (AvgIpc) is 2.60. The molecule has 0 unspecified atom stereocenters. The van der Waals surface area contributed by atoms with Gasteiger partial charge in [0.25, 0.3) is 0 Å². The predicted molar refractivity (Wildman–Crippen MR) is 83.5 cm³/mol. The third-order valence-electron chi connectivity index (χ3n) is 3.07. The van der Waals surface area contributed by atoms with Crippen molar-refractivity contribution in [2.75, 3.05) is 13.2 Å². The summed E-state index contributed by atoms with van der Waals surface area (Å²) in [5.74, 6) is -1.65. The molecule has 0 bridgehead atoms. The van der Waals surface area contributed by atoms with Crippen molar-refractivity contribution in [3.05, 3.63) is 71.3 Å². The molecular formula is C18H16O5. The third-order valence-corrected chi connectivity index (χ3v) is 3.07. The number of esters is 2. The average molecular weight is 312 g/mol. The van der Waals surface area contributed by atoms with Gasteiger partial charge in [-0.3, -0.25) is 4.79 Å². The minimum absolute atomic E-state index is 0.0758. The molecule has 0 fully saturated rings. The van der Waals surface area contributed by atoms with Crippen LogP contribution in [0.15, 0.2) is 54.6 Å². The lowest BCUT2D eigenvalue weighted by molar-refractivity contribution is 0.0452. The zero-order valence-corrected chi connectivity index (χ0v) is 12.7. The first-order valence-corrected chi connectivity index (χ1v) is 7.15. The summed E-state index contributed by atoms with van der Waals surface area (Å²) >= 11 is 0. The Morgan fingerprint density at radius 2 is 1.30 bits per heavy atom. The zero-order chi connectivity index (χ0) is 16.7. The summed E-state index contributed by atoms with van der Waals surface area (Å²) in [6, 6.07) is 14.7. The van der Waals surface area contributed by atoms with Crippen molar-refractivity contribution in [1.82, 2.24) is 0 Å². The van der Waals surface area contributed by atoms with Gasteiger partial charge in [-0.2, -0.15) is 0 Å². The molecule has 5 heteroatoms. The molecule has 0 amide bonds. The van der Waals surface area contributed by atoms with Crippen molar-refractivity contribution in [2.45, 2.75) is 6.92 Å². The number of benzene rings is 2. The van der Waals surface area contributed by atoms with Crippen molar-refractivity contribution in [3.8, 4) is 0 Å². The van der Waals surface area contributed by atoms with Crippen LogP contribution in [0.1, 0.15) is 38.0 Å². The van der Waals surface area contributed by atoms with Crippen molar-refractivity contribution < 1.29 is 23.9 Å². The van der Waals surface area contributed by atoms with E-state index in [2.05, 4.69) is 0 Å². The highest BCUT2D eigenvalue weighted by atomic mass is 16.5. The van der Waals surface area contributed by atoms with Gasteiger partial charge in [0.15, 0.2) is 12.4 Å². The highest BCUT2D eigenvalue weighted by Crippen LogP contribution is 2.12. The normalized spacial score (nSPS) is 9.96. The molecule has 118 valence electrons. The van der Waals surface area contributed by atoms with E-state index in [-0.39, 0.29) is 30.1 Å². The van der Waals surface area contributed by atoms with Gasteiger partial charge in [-0.15, -0.1) is 0 Å². The van der Waals surface area contributed by atoms with E-state index >= 15 is 0 Å². The number of ether oxygens (including phenoxy) is 2. The Balaban J connectivity index is 2.07. The molecule has 2 aromatic rings. The van der Waals surface area contributed by atoms with E-state index in [9.17, 15) is 14.4 Å². The molecule has 0 saturated carbocycles. The SMILES string of the molecule is CCOC(=O)c1ccccc1C(=O)OCC(=O)c1ccccc1. The summed E-state index contributed by atoms with van der Waals surface area (Å²) in [6.45, 7) is 1.49. The molecule has 0 aliphatic carbocycles. The zero-order valence-electron chi connectivity index (χ0n) is 12.7. The van der Waals surface area contributed by atoms with Gasteiger partial charge in [0, 0.05) is 5.56 Å². The van der Waals surface area contributed by atoms with Gasteiger partial charge >= 0.3 is 11.9 Å². The first-order chi connectivity index (χ1) is 11.1. The lowest BCUT2D eigenvalue weighted by atomic mass is 10.1. The summed E-state index contributed by atoms with van der Waals surface area (Å²) in [4.78, 5) is 35.9. The van der Waals surface area contributed by atoms with E-state index in [1.54, 1.807) is 49.4 Å². The quantitative estimate of drug-likeness (QED) is 0.606. The summed E-state index contributed by atoms with van der Waals surface area (Å²) in [5.41, 5.74) is 0.650. The third kappa shape index (κ3) is 4.26. The maximum absolute atomic E-state index is 12.1. The second kappa shape index (κ2) is 7.89. The fraction of sp³-hybridized carbons (Fsp3) is 0.167. The molecule has 5 nitrogen and oxygen atoms in total. The van der Waals surface area contributed by atoms with Crippen LogP contribution in [-0.2, 0) is 9.47 Å². The highest BCUT2D eigenvalue weighted by molar-refractivity contribution is 6.04. The smallest absolute Gasteiger partial charge is 0.339 e. The largest absolute Gasteiger partial charge is 0.462 e. The summed E-state index contributed by atoms with van der Waals surface area (Å²) in [5, 5.41) is 0. The van der Waals surface area contributed by atoms with Crippen LogP contribution in [0.5, 0.6) is 0 Å². The molecule has 0 aliphatic heterocycles. The van der Waals surface area contributed by atoms with Crippen molar-refractivity contribution in [1.29, 1.82) is 0 Å². The second-order valence-electron chi connectivity index (χ2n) is 4.63. The van der Waals surface area contributed by atoms with Crippen molar-refractivity contribution in [3.63, 3.8) is 0 Å². The first-order valence-electron chi connectivity index (χ1n) is 7.15. The minimum atomic E-state index is -0.738. The maximum Gasteiger partial charge on any atom is 0.339 e. The molecule has 0 radical (unpaired) electrons. The number of carbonyl (C=O) groups is 3. The lowest BCUT2D eigenvalue weighted by Gasteiger charge is -2.08. The van der Waals surface area contributed by atoms with Crippen LogP contribution < -0.4 is 0 Å². The highest BCUT2D eigenvalue weighted by Gasteiger charge is 2.19.